The van der Waals surface area contributed by atoms with Gasteiger partial charge in [-0.2, -0.15) is 0 Å². The lowest BCUT2D eigenvalue weighted by Crippen LogP contribution is -2.23. The summed E-state index contributed by atoms with van der Waals surface area (Å²) in [4.78, 5) is 12.3. The first-order valence-electron chi connectivity index (χ1n) is 13.2. The number of benzene rings is 4. The second-order valence-electron chi connectivity index (χ2n) is 9.36. The van der Waals surface area contributed by atoms with Crippen LogP contribution in [-0.4, -0.2) is 24.7 Å². The van der Waals surface area contributed by atoms with Gasteiger partial charge in [-0.3, -0.25) is 4.79 Å². The molecule has 1 atom stereocenters. The zero-order valence-corrected chi connectivity index (χ0v) is 21.9. The Hall–Kier alpha value is -3.93. The van der Waals surface area contributed by atoms with E-state index in [-0.39, 0.29) is 18.6 Å². The molecule has 0 heterocycles. The molecule has 1 amide bonds. The summed E-state index contributed by atoms with van der Waals surface area (Å²) in [5.41, 5.74) is 6.38. The Bertz CT molecular complexity index is 1250. The van der Waals surface area contributed by atoms with Gasteiger partial charge in [0, 0.05) is 12.1 Å². The Labute approximate surface area is 225 Å². The number of ether oxygens (including phenoxy) is 1. The SMILES string of the molecule is COc1ccc(-c2ccc(C(NCCCCCC(=O)Nc3ccc(CO)cc3)c3ccccc3)cc2)cc1. The van der Waals surface area contributed by atoms with E-state index in [0.717, 1.165) is 48.4 Å². The van der Waals surface area contributed by atoms with Crippen LogP contribution in [0.5, 0.6) is 5.75 Å². The van der Waals surface area contributed by atoms with E-state index < -0.39 is 0 Å². The average Bonchev–Trinajstić information content (AvgIpc) is 2.98. The fourth-order valence-corrected chi connectivity index (χ4v) is 4.48. The van der Waals surface area contributed by atoms with Gasteiger partial charge in [-0.1, -0.05) is 85.3 Å². The molecule has 0 fully saturated rings. The highest BCUT2D eigenvalue weighted by Gasteiger charge is 2.13. The molecule has 0 radical (unpaired) electrons. The number of methoxy groups -OCH3 is 1. The van der Waals surface area contributed by atoms with E-state index in [0.29, 0.717) is 6.42 Å². The summed E-state index contributed by atoms with van der Waals surface area (Å²) in [6, 6.07) is 34.7. The van der Waals surface area contributed by atoms with Crippen molar-refractivity contribution in [2.75, 3.05) is 19.0 Å². The van der Waals surface area contributed by atoms with E-state index in [1.165, 1.54) is 16.7 Å². The summed E-state index contributed by atoms with van der Waals surface area (Å²) in [5, 5.41) is 15.8. The molecule has 1 unspecified atom stereocenters. The van der Waals surface area contributed by atoms with E-state index in [9.17, 15) is 4.79 Å². The van der Waals surface area contributed by atoms with Gasteiger partial charge in [0.05, 0.1) is 19.8 Å². The van der Waals surface area contributed by atoms with E-state index in [1.807, 2.05) is 42.5 Å². The molecule has 38 heavy (non-hydrogen) atoms. The minimum absolute atomic E-state index is 0.00238. The first kappa shape index (κ1) is 27.1. The highest BCUT2D eigenvalue weighted by Crippen LogP contribution is 2.27. The lowest BCUT2D eigenvalue weighted by molar-refractivity contribution is -0.116. The summed E-state index contributed by atoms with van der Waals surface area (Å²) >= 11 is 0. The molecular formula is C33H36N2O3. The number of rotatable bonds is 13. The summed E-state index contributed by atoms with van der Waals surface area (Å²) in [7, 11) is 1.68. The quantitative estimate of drug-likeness (QED) is 0.175. The zero-order chi connectivity index (χ0) is 26.6. The lowest BCUT2D eigenvalue weighted by Gasteiger charge is -2.20. The van der Waals surface area contributed by atoms with Crippen LogP contribution in [0.15, 0.2) is 103 Å². The molecule has 0 aromatic heterocycles. The molecule has 4 aromatic rings. The number of unbranched alkanes of at least 4 members (excludes halogenated alkanes) is 2. The zero-order valence-electron chi connectivity index (χ0n) is 21.9. The number of aliphatic hydroxyl groups is 1. The van der Waals surface area contributed by atoms with E-state index in [4.69, 9.17) is 9.84 Å². The van der Waals surface area contributed by atoms with Gasteiger partial charge in [0.2, 0.25) is 5.91 Å². The molecule has 0 aliphatic carbocycles. The minimum Gasteiger partial charge on any atom is -0.497 e. The number of hydrogen-bond acceptors (Lipinski definition) is 4. The molecule has 0 spiro atoms. The van der Waals surface area contributed by atoms with Crippen LogP contribution < -0.4 is 15.4 Å². The Morgan fingerprint density at radius 2 is 1.39 bits per heavy atom. The average molecular weight is 509 g/mol. The number of carbonyl (C=O) groups is 1. The van der Waals surface area contributed by atoms with E-state index in [1.54, 1.807) is 7.11 Å². The summed E-state index contributed by atoms with van der Waals surface area (Å²) < 4.78 is 5.27. The standard InChI is InChI=1S/C33H36N2O3/c1-38-31-21-17-27(18-22-31)26-13-15-29(16-14-26)33(28-8-4-2-5-9-28)34-23-7-3-6-10-32(37)35-30-19-11-25(24-36)12-20-30/h2,4-5,8-9,11-22,33-34,36H,3,6-7,10,23-24H2,1H3,(H,35,37). The Morgan fingerprint density at radius 1 is 0.763 bits per heavy atom. The predicted octanol–water partition coefficient (Wildman–Crippen LogP) is 6.73. The molecule has 0 saturated heterocycles. The van der Waals surface area contributed by atoms with Crippen LogP contribution in [0, 0.1) is 0 Å². The van der Waals surface area contributed by atoms with Crippen LogP contribution in [0.2, 0.25) is 0 Å². The number of anilines is 1. The van der Waals surface area contributed by atoms with Crippen LogP contribution in [0.4, 0.5) is 5.69 Å². The first-order valence-corrected chi connectivity index (χ1v) is 13.2. The van der Waals surface area contributed by atoms with Gasteiger partial charge in [-0.25, -0.2) is 0 Å². The maximum Gasteiger partial charge on any atom is 0.224 e. The normalized spacial score (nSPS) is 11.6. The summed E-state index contributed by atoms with van der Waals surface area (Å²) in [6.45, 7) is 0.867. The number of nitrogens with one attached hydrogen (secondary N) is 2. The molecule has 0 aliphatic rings. The van der Waals surface area contributed by atoms with Gasteiger partial charge in [-0.15, -0.1) is 0 Å². The Balaban J connectivity index is 1.28. The third-order valence-electron chi connectivity index (χ3n) is 6.65. The lowest BCUT2D eigenvalue weighted by atomic mass is 9.96. The van der Waals surface area contributed by atoms with E-state index in [2.05, 4.69) is 71.3 Å². The number of aliphatic hydroxyl groups excluding tert-OH is 1. The van der Waals surface area contributed by atoms with Gasteiger partial charge in [-0.05, 0) is 71.5 Å². The van der Waals surface area contributed by atoms with Crippen molar-refractivity contribution in [1.82, 2.24) is 5.32 Å². The number of amides is 1. The van der Waals surface area contributed by atoms with Crippen molar-refractivity contribution in [3.63, 3.8) is 0 Å². The minimum atomic E-state index is 0.00238. The van der Waals surface area contributed by atoms with Crippen molar-refractivity contribution in [1.29, 1.82) is 0 Å². The van der Waals surface area contributed by atoms with Gasteiger partial charge in [0.25, 0.3) is 0 Å². The smallest absolute Gasteiger partial charge is 0.224 e. The highest BCUT2D eigenvalue weighted by molar-refractivity contribution is 5.90. The second kappa shape index (κ2) is 14.1. The second-order valence-corrected chi connectivity index (χ2v) is 9.36. The highest BCUT2D eigenvalue weighted by atomic mass is 16.5. The molecule has 0 saturated carbocycles. The van der Waals surface area contributed by atoms with Crippen molar-refractivity contribution < 1.29 is 14.6 Å². The third kappa shape index (κ3) is 7.78. The molecule has 4 rings (SSSR count). The topological polar surface area (TPSA) is 70.6 Å². The van der Waals surface area contributed by atoms with Crippen molar-refractivity contribution in [3.8, 4) is 16.9 Å². The number of carbonyl (C=O) groups excluding carboxylic acids is 1. The van der Waals surface area contributed by atoms with Gasteiger partial charge in [0.15, 0.2) is 0 Å². The maximum absolute atomic E-state index is 12.3. The van der Waals surface area contributed by atoms with Gasteiger partial charge in [0.1, 0.15) is 5.75 Å². The van der Waals surface area contributed by atoms with Crippen LogP contribution in [0.25, 0.3) is 11.1 Å². The van der Waals surface area contributed by atoms with Crippen molar-refractivity contribution in [2.45, 2.75) is 38.3 Å². The molecular weight excluding hydrogens is 472 g/mol. The largest absolute Gasteiger partial charge is 0.497 e. The van der Waals surface area contributed by atoms with Crippen LogP contribution in [0.3, 0.4) is 0 Å². The molecule has 5 nitrogen and oxygen atoms in total. The van der Waals surface area contributed by atoms with Gasteiger partial charge >= 0.3 is 0 Å². The Kier molecular flexibility index (Phi) is 10.1. The van der Waals surface area contributed by atoms with Crippen LogP contribution in [0.1, 0.15) is 48.4 Å². The van der Waals surface area contributed by atoms with Crippen molar-refractivity contribution in [3.05, 3.63) is 120 Å². The van der Waals surface area contributed by atoms with E-state index >= 15 is 0 Å². The first-order chi connectivity index (χ1) is 18.7. The number of hydrogen-bond donors (Lipinski definition) is 3. The maximum atomic E-state index is 12.3. The third-order valence-corrected chi connectivity index (χ3v) is 6.65. The van der Waals surface area contributed by atoms with Gasteiger partial charge < -0.3 is 20.5 Å². The fourth-order valence-electron chi connectivity index (χ4n) is 4.48. The predicted molar refractivity (Wildman–Crippen MR) is 154 cm³/mol. The summed E-state index contributed by atoms with van der Waals surface area (Å²) in [6.07, 6.45) is 3.30. The van der Waals surface area contributed by atoms with Crippen LogP contribution >= 0.6 is 0 Å². The van der Waals surface area contributed by atoms with Crippen LogP contribution in [-0.2, 0) is 11.4 Å². The molecule has 0 aliphatic heterocycles. The van der Waals surface area contributed by atoms with Crippen molar-refractivity contribution >= 4 is 11.6 Å². The molecule has 3 N–H and O–H groups in total. The summed E-state index contributed by atoms with van der Waals surface area (Å²) in [5.74, 6) is 0.877. The Morgan fingerprint density at radius 3 is 2.03 bits per heavy atom. The molecule has 4 aromatic carbocycles. The fraction of sp³-hybridized carbons (Fsp3) is 0.242. The van der Waals surface area contributed by atoms with Crippen molar-refractivity contribution in [2.24, 2.45) is 0 Å². The molecule has 5 heteroatoms. The molecule has 0 bridgehead atoms. The molecule has 196 valence electrons. The monoisotopic (exact) mass is 508 g/mol.